The molecule has 6 nitrogen and oxygen atoms in total. The SMILES string of the molecule is Cc1cccc(Oc2ccccc2NC(=O)N2CCCC(O)(CO)CC2)c1. The molecule has 1 saturated heterocycles. The number of nitrogens with one attached hydrogen (secondary N) is 1. The Bertz CT molecular complexity index is 795. The Morgan fingerprint density at radius 2 is 2.00 bits per heavy atom. The molecule has 1 fully saturated rings. The zero-order valence-corrected chi connectivity index (χ0v) is 15.5. The molecule has 2 aromatic rings. The van der Waals surface area contributed by atoms with E-state index in [-0.39, 0.29) is 12.6 Å². The minimum atomic E-state index is -1.10. The summed E-state index contributed by atoms with van der Waals surface area (Å²) >= 11 is 0. The summed E-state index contributed by atoms with van der Waals surface area (Å²) in [6.07, 6.45) is 1.49. The van der Waals surface area contributed by atoms with Gasteiger partial charge in [-0.05, 0) is 56.0 Å². The van der Waals surface area contributed by atoms with Crippen LogP contribution in [-0.2, 0) is 0 Å². The van der Waals surface area contributed by atoms with E-state index >= 15 is 0 Å². The van der Waals surface area contributed by atoms with Gasteiger partial charge in [-0.1, -0.05) is 24.3 Å². The zero-order chi connectivity index (χ0) is 19.3. The van der Waals surface area contributed by atoms with Crippen LogP contribution >= 0.6 is 0 Å². The molecule has 2 amide bonds. The lowest BCUT2D eigenvalue weighted by Gasteiger charge is -2.24. The van der Waals surface area contributed by atoms with Crippen LogP contribution in [0.1, 0.15) is 24.8 Å². The molecule has 3 rings (SSSR count). The molecule has 3 N–H and O–H groups in total. The van der Waals surface area contributed by atoms with Gasteiger partial charge in [0.05, 0.1) is 17.9 Å². The lowest BCUT2D eigenvalue weighted by Crippen LogP contribution is -2.38. The van der Waals surface area contributed by atoms with Crippen LogP contribution in [0.15, 0.2) is 48.5 Å². The number of likely N-dealkylation sites (tertiary alicyclic amines) is 1. The van der Waals surface area contributed by atoms with Crippen LogP contribution in [0, 0.1) is 6.92 Å². The molecule has 0 aromatic heterocycles. The third-order valence-corrected chi connectivity index (χ3v) is 4.84. The Morgan fingerprint density at radius 1 is 1.19 bits per heavy atom. The molecule has 0 aliphatic carbocycles. The minimum Gasteiger partial charge on any atom is -0.455 e. The van der Waals surface area contributed by atoms with E-state index in [4.69, 9.17) is 4.74 Å². The summed E-state index contributed by atoms with van der Waals surface area (Å²) in [6.45, 7) is 2.64. The highest BCUT2D eigenvalue weighted by Gasteiger charge is 2.31. The smallest absolute Gasteiger partial charge is 0.321 e. The summed E-state index contributed by atoms with van der Waals surface area (Å²) in [5.41, 5.74) is 0.585. The maximum Gasteiger partial charge on any atom is 0.321 e. The third kappa shape index (κ3) is 4.99. The summed E-state index contributed by atoms with van der Waals surface area (Å²) in [5, 5.41) is 22.5. The van der Waals surface area contributed by atoms with Crippen LogP contribution < -0.4 is 10.1 Å². The van der Waals surface area contributed by atoms with Gasteiger partial charge in [0.1, 0.15) is 5.75 Å². The standard InChI is InChI=1S/C21H26N2O4/c1-16-6-4-7-17(14-16)27-19-9-3-2-8-18(19)22-20(25)23-12-5-10-21(26,15-24)11-13-23/h2-4,6-9,14,24,26H,5,10-13,15H2,1H3,(H,22,25). The molecule has 27 heavy (non-hydrogen) atoms. The van der Waals surface area contributed by atoms with Crippen LogP contribution in [0.2, 0.25) is 0 Å². The summed E-state index contributed by atoms with van der Waals surface area (Å²) in [4.78, 5) is 14.4. The average Bonchev–Trinajstić information content (AvgIpc) is 2.86. The van der Waals surface area contributed by atoms with Crippen LogP contribution in [-0.4, -0.2) is 46.4 Å². The maximum absolute atomic E-state index is 12.7. The molecule has 0 spiro atoms. The molecule has 1 aliphatic heterocycles. The second-order valence-electron chi connectivity index (χ2n) is 7.07. The van der Waals surface area contributed by atoms with Gasteiger partial charge in [0, 0.05) is 13.1 Å². The lowest BCUT2D eigenvalue weighted by atomic mass is 9.96. The summed E-state index contributed by atoms with van der Waals surface area (Å²) < 4.78 is 5.95. The van der Waals surface area contributed by atoms with Crippen molar-refractivity contribution in [2.75, 3.05) is 25.0 Å². The number of aliphatic hydroxyl groups is 2. The van der Waals surface area contributed by atoms with Crippen molar-refractivity contribution in [1.82, 2.24) is 4.90 Å². The van der Waals surface area contributed by atoms with Crippen molar-refractivity contribution in [3.63, 3.8) is 0 Å². The van der Waals surface area contributed by atoms with E-state index in [0.29, 0.717) is 49.5 Å². The Labute approximate surface area is 159 Å². The molecule has 6 heteroatoms. The molecule has 144 valence electrons. The number of hydrogen-bond acceptors (Lipinski definition) is 4. The van der Waals surface area contributed by atoms with E-state index in [1.54, 1.807) is 11.0 Å². The largest absolute Gasteiger partial charge is 0.455 e. The fourth-order valence-corrected chi connectivity index (χ4v) is 3.20. The molecule has 1 unspecified atom stereocenters. The number of ether oxygens (including phenoxy) is 1. The fraction of sp³-hybridized carbons (Fsp3) is 0.381. The van der Waals surface area contributed by atoms with Crippen LogP contribution in [0.3, 0.4) is 0 Å². The second-order valence-corrected chi connectivity index (χ2v) is 7.07. The van der Waals surface area contributed by atoms with E-state index in [0.717, 1.165) is 5.56 Å². The highest BCUT2D eigenvalue weighted by molar-refractivity contribution is 5.91. The van der Waals surface area contributed by atoms with Gasteiger partial charge in [-0.15, -0.1) is 0 Å². The number of anilines is 1. The first-order valence-electron chi connectivity index (χ1n) is 9.22. The average molecular weight is 370 g/mol. The Balaban J connectivity index is 1.69. The van der Waals surface area contributed by atoms with Crippen molar-refractivity contribution >= 4 is 11.7 Å². The summed E-state index contributed by atoms with van der Waals surface area (Å²) in [5.74, 6) is 1.28. The molecule has 1 aliphatic rings. The number of amides is 2. The first kappa shape index (κ1) is 19.2. The quantitative estimate of drug-likeness (QED) is 0.769. The normalized spacial score (nSPS) is 20.0. The van der Waals surface area contributed by atoms with Gasteiger partial charge in [0.15, 0.2) is 5.75 Å². The van der Waals surface area contributed by atoms with Crippen LogP contribution in [0.5, 0.6) is 11.5 Å². The summed E-state index contributed by atoms with van der Waals surface area (Å²) in [6, 6.07) is 14.8. The van der Waals surface area contributed by atoms with Gasteiger partial charge >= 0.3 is 6.03 Å². The van der Waals surface area contributed by atoms with E-state index in [1.807, 2.05) is 49.4 Å². The van der Waals surface area contributed by atoms with Gasteiger partial charge in [-0.3, -0.25) is 0 Å². The number of hydrogen-bond donors (Lipinski definition) is 3. The highest BCUT2D eigenvalue weighted by Crippen LogP contribution is 2.30. The second kappa shape index (κ2) is 8.41. The Kier molecular flexibility index (Phi) is 5.98. The molecular formula is C21H26N2O4. The first-order chi connectivity index (χ1) is 13.0. The van der Waals surface area contributed by atoms with Crippen molar-refractivity contribution in [3.8, 4) is 11.5 Å². The number of carbonyl (C=O) groups is 1. The zero-order valence-electron chi connectivity index (χ0n) is 15.5. The number of aryl methyl sites for hydroxylation is 1. The first-order valence-corrected chi connectivity index (χ1v) is 9.22. The summed E-state index contributed by atoms with van der Waals surface area (Å²) in [7, 11) is 0. The number of para-hydroxylation sites is 2. The van der Waals surface area contributed by atoms with Crippen LogP contribution in [0.4, 0.5) is 10.5 Å². The minimum absolute atomic E-state index is 0.238. The molecule has 1 atom stereocenters. The number of urea groups is 1. The molecule has 1 heterocycles. The van der Waals surface area contributed by atoms with Gasteiger partial charge in [0.2, 0.25) is 0 Å². The molecular weight excluding hydrogens is 344 g/mol. The maximum atomic E-state index is 12.7. The van der Waals surface area contributed by atoms with Gasteiger partial charge < -0.3 is 25.2 Å². The van der Waals surface area contributed by atoms with Gasteiger partial charge in [-0.25, -0.2) is 4.79 Å². The monoisotopic (exact) mass is 370 g/mol. The lowest BCUT2D eigenvalue weighted by molar-refractivity contribution is -0.0247. The number of nitrogens with zero attached hydrogens (tertiary/aromatic N) is 1. The number of carbonyl (C=O) groups excluding carboxylic acids is 1. The van der Waals surface area contributed by atoms with Crippen LogP contribution in [0.25, 0.3) is 0 Å². The molecule has 0 saturated carbocycles. The fourth-order valence-electron chi connectivity index (χ4n) is 3.20. The molecule has 0 radical (unpaired) electrons. The Morgan fingerprint density at radius 3 is 2.78 bits per heavy atom. The van der Waals surface area contributed by atoms with Crippen molar-refractivity contribution < 1.29 is 19.7 Å². The number of rotatable bonds is 4. The highest BCUT2D eigenvalue weighted by atomic mass is 16.5. The van der Waals surface area contributed by atoms with E-state index in [2.05, 4.69) is 5.32 Å². The predicted octanol–water partition coefficient (Wildman–Crippen LogP) is 3.53. The Hall–Kier alpha value is -2.57. The van der Waals surface area contributed by atoms with E-state index in [1.165, 1.54) is 0 Å². The van der Waals surface area contributed by atoms with Crippen molar-refractivity contribution in [2.45, 2.75) is 31.8 Å². The van der Waals surface area contributed by atoms with E-state index in [9.17, 15) is 15.0 Å². The van der Waals surface area contributed by atoms with Crippen molar-refractivity contribution in [1.29, 1.82) is 0 Å². The molecule has 2 aromatic carbocycles. The number of benzene rings is 2. The van der Waals surface area contributed by atoms with Crippen molar-refractivity contribution in [2.24, 2.45) is 0 Å². The van der Waals surface area contributed by atoms with Crippen molar-refractivity contribution in [3.05, 3.63) is 54.1 Å². The third-order valence-electron chi connectivity index (χ3n) is 4.84. The van der Waals surface area contributed by atoms with Gasteiger partial charge in [-0.2, -0.15) is 0 Å². The molecule has 0 bridgehead atoms. The number of aliphatic hydroxyl groups excluding tert-OH is 1. The predicted molar refractivity (Wildman–Crippen MR) is 104 cm³/mol. The van der Waals surface area contributed by atoms with E-state index < -0.39 is 5.60 Å². The van der Waals surface area contributed by atoms with Gasteiger partial charge in [0.25, 0.3) is 0 Å². The topological polar surface area (TPSA) is 82.0 Å².